The summed E-state index contributed by atoms with van der Waals surface area (Å²) in [5.41, 5.74) is 1.67. The lowest BCUT2D eigenvalue weighted by Gasteiger charge is -2.17. The van der Waals surface area contributed by atoms with Gasteiger partial charge in [0.1, 0.15) is 18.1 Å². The van der Waals surface area contributed by atoms with Crippen molar-refractivity contribution in [3.63, 3.8) is 0 Å². The SMILES string of the molecule is O=C1CCOc2cc(COc3ccccc3)ccc21. The second-order valence-electron chi connectivity index (χ2n) is 4.45. The number of ketones is 1. The number of Topliss-reactive ketones (excluding diaryl/α,β-unsaturated/α-hetero) is 1. The zero-order chi connectivity index (χ0) is 13.1. The number of hydrogen-bond acceptors (Lipinski definition) is 3. The predicted molar refractivity (Wildman–Crippen MR) is 71.7 cm³/mol. The van der Waals surface area contributed by atoms with Gasteiger partial charge in [-0.1, -0.05) is 24.3 Å². The number of carbonyl (C=O) groups is 1. The van der Waals surface area contributed by atoms with Gasteiger partial charge in [-0.3, -0.25) is 4.79 Å². The van der Waals surface area contributed by atoms with E-state index in [1.807, 2.05) is 48.5 Å². The van der Waals surface area contributed by atoms with E-state index in [0.29, 0.717) is 30.9 Å². The van der Waals surface area contributed by atoms with Crippen molar-refractivity contribution in [2.45, 2.75) is 13.0 Å². The minimum Gasteiger partial charge on any atom is -0.492 e. The van der Waals surface area contributed by atoms with E-state index in [4.69, 9.17) is 9.47 Å². The zero-order valence-corrected chi connectivity index (χ0v) is 10.5. The van der Waals surface area contributed by atoms with E-state index in [9.17, 15) is 4.79 Å². The summed E-state index contributed by atoms with van der Waals surface area (Å²) in [5.74, 6) is 1.65. The summed E-state index contributed by atoms with van der Waals surface area (Å²) in [5, 5.41) is 0. The predicted octanol–water partition coefficient (Wildman–Crippen LogP) is 3.23. The molecular formula is C16H14O3. The van der Waals surface area contributed by atoms with E-state index in [-0.39, 0.29) is 5.78 Å². The summed E-state index contributed by atoms with van der Waals surface area (Å²) in [6, 6.07) is 15.3. The molecule has 0 aromatic heterocycles. The maximum Gasteiger partial charge on any atom is 0.169 e. The molecule has 0 radical (unpaired) electrons. The zero-order valence-electron chi connectivity index (χ0n) is 10.5. The Morgan fingerprint density at radius 3 is 2.79 bits per heavy atom. The monoisotopic (exact) mass is 254 g/mol. The van der Waals surface area contributed by atoms with Crippen LogP contribution in [0.3, 0.4) is 0 Å². The second kappa shape index (κ2) is 5.14. The number of rotatable bonds is 3. The fourth-order valence-corrected chi connectivity index (χ4v) is 2.08. The number of fused-ring (bicyclic) bond motifs is 1. The third-order valence-corrected chi connectivity index (χ3v) is 3.08. The molecule has 0 N–H and O–H groups in total. The maximum absolute atomic E-state index is 11.7. The van der Waals surface area contributed by atoms with Gasteiger partial charge in [-0.15, -0.1) is 0 Å². The lowest BCUT2D eigenvalue weighted by molar-refractivity contribution is 0.0933. The summed E-state index contributed by atoms with van der Waals surface area (Å²) in [6.45, 7) is 0.934. The molecule has 0 saturated carbocycles. The smallest absolute Gasteiger partial charge is 0.169 e. The van der Waals surface area contributed by atoms with Gasteiger partial charge in [-0.25, -0.2) is 0 Å². The Kier molecular flexibility index (Phi) is 3.19. The topological polar surface area (TPSA) is 35.5 Å². The van der Waals surface area contributed by atoms with Crippen LogP contribution in [0.15, 0.2) is 48.5 Å². The Morgan fingerprint density at radius 1 is 1.11 bits per heavy atom. The normalized spacial score (nSPS) is 13.6. The van der Waals surface area contributed by atoms with E-state index >= 15 is 0 Å². The molecule has 0 fully saturated rings. The van der Waals surface area contributed by atoms with E-state index in [1.165, 1.54) is 0 Å². The molecule has 0 bridgehead atoms. The molecule has 1 aliphatic heterocycles. The number of hydrogen-bond donors (Lipinski definition) is 0. The Morgan fingerprint density at radius 2 is 1.95 bits per heavy atom. The van der Waals surface area contributed by atoms with Crippen molar-refractivity contribution in [3.8, 4) is 11.5 Å². The number of benzene rings is 2. The highest BCUT2D eigenvalue weighted by Gasteiger charge is 2.18. The first-order valence-electron chi connectivity index (χ1n) is 6.30. The van der Waals surface area contributed by atoms with E-state index in [0.717, 1.165) is 11.3 Å². The first kappa shape index (κ1) is 11.8. The fourth-order valence-electron chi connectivity index (χ4n) is 2.08. The van der Waals surface area contributed by atoms with Crippen molar-refractivity contribution >= 4 is 5.78 Å². The highest BCUT2D eigenvalue weighted by Crippen LogP contribution is 2.26. The van der Waals surface area contributed by atoms with Gasteiger partial charge in [0.05, 0.1) is 12.2 Å². The van der Waals surface area contributed by atoms with E-state index in [1.54, 1.807) is 0 Å². The van der Waals surface area contributed by atoms with Crippen LogP contribution in [0.2, 0.25) is 0 Å². The van der Waals surface area contributed by atoms with Gasteiger partial charge in [-0.2, -0.15) is 0 Å². The van der Waals surface area contributed by atoms with Crippen molar-refractivity contribution in [3.05, 3.63) is 59.7 Å². The molecule has 0 amide bonds. The summed E-state index contributed by atoms with van der Waals surface area (Å²) < 4.78 is 11.2. The summed E-state index contributed by atoms with van der Waals surface area (Å²) in [6.07, 6.45) is 0.465. The van der Waals surface area contributed by atoms with Crippen LogP contribution in [0.25, 0.3) is 0 Å². The largest absolute Gasteiger partial charge is 0.492 e. The Balaban J connectivity index is 1.74. The third-order valence-electron chi connectivity index (χ3n) is 3.08. The van der Waals surface area contributed by atoms with Crippen LogP contribution in [-0.4, -0.2) is 12.4 Å². The molecule has 0 aliphatic carbocycles. The molecule has 3 rings (SSSR count). The van der Waals surface area contributed by atoms with E-state index < -0.39 is 0 Å². The lowest BCUT2D eigenvalue weighted by Crippen LogP contribution is -2.15. The van der Waals surface area contributed by atoms with Crippen LogP contribution in [0, 0.1) is 0 Å². The summed E-state index contributed by atoms with van der Waals surface area (Å²) >= 11 is 0. The molecule has 2 aromatic carbocycles. The van der Waals surface area contributed by atoms with Crippen LogP contribution in [0.4, 0.5) is 0 Å². The average Bonchev–Trinajstić information content (AvgIpc) is 2.46. The first-order valence-corrected chi connectivity index (χ1v) is 6.30. The molecule has 2 aromatic rings. The van der Waals surface area contributed by atoms with Crippen molar-refractivity contribution in [1.29, 1.82) is 0 Å². The minimum atomic E-state index is 0.150. The van der Waals surface area contributed by atoms with Gasteiger partial charge in [0, 0.05) is 6.42 Å². The quantitative estimate of drug-likeness (QED) is 0.843. The molecule has 3 nitrogen and oxygen atoms in total. The van der Waals surface area contributed by atoms with Crippen LogP contribution in [0.1, 0.15) is 22.3 Å². The van der Waals surface area contributed by atoms with Crippen molar-refractivity contribution in [2.75, 3.05) is 6.61 Å². The van der Waals surface area contributed by atoms with Crippen LogP contribution in [-0.2, 0) is 6.61 Å². The number of carbonyl (C=O) groups excluding carboxylic acids is 1. The molecule has 19 heavy (non-hydrogen) atoms. The molecule has 0 spiro atoms. The van der Waals surface area contributed by atoms with Gasteiger partial charge in [-0.05, 0) is 29.8 Å². The minimum absolute atomic E-state index is 0.150. The average molecular weight is 254 g/mol. The fraction of sp³-hybridized carbons (Fsp3) is 0.188. The van der Waals surface area contributed by atoms with Crippen molar-refractivity contribution < 1.29 is 14.3 Å². The Hall–Kier alpha value is -2.29. The summed E-state index contributed by atoms with van der Waals surface area (Å²) in [4.78, 5) is 11.7. The van der Waals surface area contributed by atoms with Gasteiger partial charge in [0.15, 0.2) is 5.78 Å². The number of ether oxygens (including phenoxy) is 2. The molecule has 0 atom stereocenters. The molecule has 3 heteroatoms. The molecule has 0 unspecified atom stereocenters. The molecule has 96 valence electrons. The third kappa shape index (κ3) is 2.60. The molecular weight excluding hydrogens is 240 g/mol. The Labute approximate surface area is 111 Å². The lowest BCUT2D eigenvalue weighted by atomic mass is 10.0. The highest BCUT2D eigenvalue weighted by molar-refractivity contribution is 5.99. The van der Waals surface area contributed by atoms with Gasteiger partial charge in [0.25, 0.3) is 0 Å². The van der Waals surface area contributed by atoms with Gasteiger partial charge in [0.2, 0.25) is 0 Å². The van der Waals surface area contributed by atoms with Crippen LogP contribution >= 0.6 is 0 Å². The standard InChI is InChI=1S/C16H14O3/c17-15-8-9-18-16-10-12(6-7-14(15)16)11-19-13-4-2-1-3-5-13/h1-7,10H,8-9,11H2. The van der Waals surface area contributed by atoms with Gasteiger partial charge < -0.3 is 9.47 Å². The van der Waals surface area contributed by atoms with Crippen LogP contribution < -0.4 is 9.47 Å². The second-order valence-corrected chi connectivity index (χ2v) is 4.45. The van der Waals surface area contributed by atoms with Crippen molar-refractivity contribution in [2.24, 2.45) is 0 Å². The van der Waals surface area contributed by atoms with E-state index in [2.05, 4.69) is 0 Å². The Bertz CT molecular complexity index is 590. The molecule has 1 aliphatic rings. The molecule has 1 heterocycles. The molecule has 0 saturated heterocycles. The van der Waals surface area contributed by atoms with Crippen molar-refractivity contribution in [1.82, 2.24) is 0 Å². The first-order chi connectivity index (χ1) is 9.33. The maximum atomic E-state index is 11.7. The summed E-state index contributed by atoms with van der Waals surface area (Å²) in [7, 11) is 0. The van der Waals surface area contributed by atoms with Crippen LogP contribution in [0.5, 0.6) is 11.5 Å². The van der Waals surface area contributed by atoms with Gasteiger partial charge >= 0.3 is 0 Å². The number of para-hydroxylation sites is 1. The highest BCUT2D eigenvalue weighted by atomic mass is 16.5.